The number of hydrogen-bond donors (Lipinski definition) is 1. The lowest BCUT2D eigenvalue weighted by Gasteiger charge is -2.28. The summed E-state index contributed by atoms with van der Waals surface area (Å²) in [6, 6.07) is 14.4. The number of aliphatic hydroxyl groups is 1. The van der Waals surface area contributed by atoms with Crippen molar-refractivity contribution in [3.8, 4) is 11.5 Å². The third kappa shape index (κ3) is 4.97. The van der Waals surface area contributed by atoms with Crippen LogP contribution >= 0.6 is 0 Å². The predicted molar refractivity (Wildman–Crippen MR) is 120 cm³/mol. The van der Waals surface area contributed by atoms with Gasteiger partial charge in [-0.3, -0.25) is 0 Å². The Morgan fingerprint density at radius 3 is 2.47 bits per heavy atom. The summed E-state index contributed by atoms with van der Waals surface area (Å²) in [5.74, 6) is 1.67. The SMILES string of the molecule is COc1ccc(C2=CN(C)Cc3cc(OCC(O)CN4CCCCC4)ccc32)cc1. The number of aliphatic hydroxyl groups excluding tert-OH is 1. The lowest BCUT2D eigenvalue weighted by atomic mass is 9.91. The molecule has 5 heteroatoms. The second kappa shape index (κ2) is 9.54. The van der Waals surface area contributed by atoms with Crippen LogP contribution in [0.2, 0.25) is 0 Å². The average molecular weight is 409 g/mol. The van der Waals surface area contributed by atoms with E-state index in [9.17, 15) is 5.11 Å². The van der Waals surface area contributed by atoms with Gasteiger partial charge in [-0.1, -0.05) is 24.6 Å². The first-order valence-electron chi connectivity index (χ1n) is 10.9. The Bertz CT molecular complexity index is 872. The Kier molecular flexibility index (Phi) is 6.60. The molecule has 0 radical (unpaired) electrons. The van der Waals surface area contributed by atoms with E-state index in [1.807, 2.05) is 18.2 Å². The van der Waals surface area contributed by atoms with E-state index in [1.54, 1.807) is 7.11 Å². The van der Waals surface area contributed by atoms with E-state index in [2.05, 4.69) is 47.3 Å². The first kappa shape index (κ1) is 20.8. The fraction of sp³-hybridized carbons (Fsp3) is 0.440. The molecule has 160 valence electrons. The molecule has 2 heterocycles. The van der Waals surface area contributed by atoms with Crippen molar-refractivity contribution < 1.29 is 14.6 Å². The molecule has 0 aliphatic carbocycles. The van der Waals surface area contributed by atoms with Crippen molar-refractivity contribution in [1.29, 1.82) is 0 Å². The Morgan fingerprint density at radius 1 is 1.00 bits per heavy atom. The van der Waals surface area contributed by atoms with Crippen LogP contribution in [-0.4, -0.2) is 61.4 Å². The number of rotatable bonds is 7. The third-order valence-electron chi connectivity index (χ3n) is 5.90. The Morgan fingerprint density at radius 2 is 1.73 bits per heavy atom. The van der Waals surface area contributed by atoms with Crippen LogP contribution < -0.4 is 9.47 Å². The molecule has 0 aromatic heterocycles. The van der Waals surface area contributed by atoms with E-state index in [4.69, 9.17) is 9.47 Å². The molecule has 5 nitrogen and oxygen atoms in total. The Labute approximate surface area is 179 Å². The Balaban J connectivity index is 1.43. The number of hydrogen-bond acceptors (Lipinski definition) is 5. The topological polar surface area (TPSA) is 45.2 Å². The summed E-state index contributed by atoms with van der Waals surface area (Å²) < 4.78 is 11.2. The average Bonchev–Trinajstić information content (AvgIpc) is 2.77. The first-order chi connectivity index (χ1) is 14.6. The quantitative estimate of drug-likeness (QED) is 0.756. The molecule has 2 aromatic rings. The molecule has 0 amide bonds. The van der Waals surface area contributed by atoms with Crippen LogP contribution in [-0.2, 0) is 6.54 Å². The van der Waals surface area contributed by atoms with Crippen molar-refractivity contribution in [3.05, 3.63) is 65.4 Å². The summed E-state index contributed by atoms with van der Waals surface area (Å²) in [5.41, 5.74) is 4.81. The molecule has 0 saturated carbocycles. The maximum Gasteiger partial charge on any atom is 0.119 e. The number of methoxy groups -OCH3 is 1. The second-order valence-corrected chi connectivity index (χ2v) is 8.33. The van der Waals surface area contributed by atoms with Crippen LogP contribution in [0.4, 0.5) is 0 Å². The van der Waals surface area contributed by atoms with E-state index < -0.39 is 6.10 Å². The summed E-state index contributed by atoms with van der Waals surface area (Å²) in [5, 5.41) is 10.4. The van der Waals surface area contributed by atoms with Crippen molar-refractivity contribution in [3.63, 3.8) is 0 Å². The van der Waals surface area contributed by atoms with E-state index in [0.717, 1.165) is 36.7 Å². The number of β-amino-alcohol motifs (C(OH)–C–C–N with tert-alkyl or cyclic N) is 1. The number of nitrogens with zero attached hydrogens (tertiary/aromatic N) is 2. The van der Waals surface area contributed by atoms with Crippen LogP contribution in [0.15, 0.2) is 48.7 Å². The highest BCUT2D eigenvalue weighted by Gasteiger charge is 2.19. The normalized spacial score (nSPS) is 17.8. The van der Waals surface area contributed by atoms with Gasteiger partial charge in [0.25, 0.3) is 0 Å². The van der Waals surface area contributed by atoms with Crippen molar-refractivity contribution in [2.75, 3.05) is 40.4 Å². The summed E-state index contributed by atoms with van der Waals surface area (Å²) in [6.45, 7) is 4.03. The van der Waals surface area contributed by atoms with Crippen LogP contribution in [0.3, 0.4) is 0 Å². The lowest BCUT2D eigenvalue weighted by Crippen LogP contribution is -2.38. The van der Waals surface area contributed by atoms with E-state index in [-0.39, 0.29) is 0 Å². The van der Waals surface area contributed by atoms with Gasteiger partial charge >= 0.3 is 0 Å². The number of fused-ring (bicyclic) bond motifs is 1. The van der Waals surface area contributed by atoms with Gasteiger partial charge in [0, 0.05) is 31.9 Å². The largest absolute Gasteiger partial charge is 0.497 e. The molecular formula is C25H32N2O3. The molecule has 2 aliphatic rings. The van der Waals surface area contributed by atoms with Crippen molar-refractivity contribution in [2.45, 2.75) is 31.9 Å². The van der Waals surface area contributed by atoms with Gasteiger partial charge in [-0.25, -0.2) is 0 Å². The van der Waals surface area contributed by atoms with Crippen LogP contribution in [0.5, 0.6) is 11.5 Å². The van der Waals surface area contributed by atoms with Crippen molar-refractivity contribution >= 4 is 5.57 Å². The smallest absolute Gasteiger partial charge is 0.119 e. The van der Waals surface area contributed by atoms with Gasteiger partial charge in [0.2, 0.25) is 0 Å². The minimum absolute atomic E-state index is 0.326. The molecule has 0 spiro atoms. The van der Waals surface area contributed by atoms with E-state index in [0.29, 0.717) is 13.2 Å². The molecule has 1 fully saturated rings. The highest BCUT2D eigenvalue weighted by atomic mass is 16.5. The summed E-state index contributed by atoms with van der Waals surface area (Å²) >= 11 is 0. The molecule has 4 rings (SSSR count). The fourth-order valence-electron chi connectivity index (χ4n) is 4.34. The summed E-state index contributed by atoms with van der Waals surface area (Å²) in [6.07, 6.45) is 5.50. The van der Waals surface area contributed by atoms with Gasteiger partial charge in [0.15, 0.2) is 0 Å². The standard InChI is InChI=1S/C25H32N2O3/c1-26-15-20-14-23(30-18-21(28)16-27-12-4-3-5-13-27)10-11-24(20)25(17-26)19-6-8-22(29-2)9-7-19/h6-11,14,17,21,28H,3-5,12-13,15-16,18H2,1-2H3. The number of benzene rings is 2. The minimum atomic E-state index is -0.462. The molecule has 1 unspecified atom stereocenters. The molecule has 2 aromatic carbocycles. The monoisotopic (exact) mass is 408 g/mol. The highest BCUT2D eigenvalue weighted by molar-refractivity contribution is 5.82. The van der Waals surface area contributed by atoms with E-state index >= 15 is 0 Å². The molecule has 0 bridgehead atoms. The summed E-state index contributed by atoms with van der Waals surface area (Å²) in [4.78, 5) is 4.53. The maximum absolute atomic E-state index is 10.4. The van der Waals surface area contributed by atoms with Gasteiger partial charge in [-0.2, -0.15) is 0 Å². The van der Waals surface area contributed by atoms with Crippen LogP contribution in [0.1, 0.15) is 36.0 Å². The molecule has 1 saturated heterocycles. The van der Waals surface area contributed by atoms with Crippen LogP contribution in [0, 0.1) is 0 Å². The van der Waals surface area contributed by atoms with Crippen molar-refractivity contribution in [2.24, 2.45) is 0 Å². The minimum Gasteiger partial charge on any atom is -0.497 e. The zero-order chi connectivity index (χ0) is 20.9. The zero-order valence-corrected chi connectivity index (χ0v) is 18.0. The number of ether oxygens (including phenoxy) is 2. The van der Waals surface area contributed by atoms with Gasteiger partial charge < -0.3 is 24.4 Å². The fourth-order valence-corrected chi connectivity index (χ4v) is 4.34. The van der Waals surface area contributed by atoms with Crippen LogP contribution in [0.25, 0.3) is 5.57 Å². The lowest BCUT2D eigenvalue weighted by molar-refractivity contribution is 0.0617. The van der Waals surface area contributed by atoms with Gasteiger partial charge in [-0.05, 0) is 66.9 Å². The number of piperidine rings is 1. The van der Waals surface area contributed by atoms with E-state index in [1.165, 1.54) is 36.0 Å². The van der Waals surface area contributed by atoms with Crippen molar-refractivity contribution in [1.82, 2.24) is 9.80 Å². The highest BCUT2D eigenvalue weighted by Crippen LogP contribution is 2.34. The van der Waals surface area contributed by atoms with Gasteiger partial charge in [0.1, 0.15) is 24.2 Å². The second-order valence-electron chi connectivity index (χ2n) is 8.33. The first-order valence-corrected chi connectivity index (χ1v) is 10.9. The van der Waals surface area contributed by atoms with Gasteiger partial charge in [-0.15, -0.1) is 0 Å². The third-order valence-corrected chi connectivity index (χ3v) is 5.90. The molecule has 1 N–H and O–H groups in total. The predicted octanol–water partition coefficient (Wildman–Crippen LogP) is 3.76. The zero-order valence-electron chi connectivity index (χ0n) is 18.0. The number of likely N-dealkylation sites (tertiary alicyclic amines) is 1. The molecule has 1 atom stereocenters. The molecule has 2 aliphatic heterocycles. The summed E-state index contributed by atoms with van der Waals surface area (Å²) in [7, 11) is 3.77. The maximum atomic E-state index is 10.4. The molecular weight excluding hydrogens is 376 g/mol. The Hall–Kier alpha value is -2.50. The molecule has 30 heavy (non-hydrogen) atoms. The van der Waals surface area contributed by atoms with Gasteiger partial charge in [0.05, 0.1) is 7.11 Å².